The Balaban J connectivity index is 2.17. The lowest BCUT2D eigenvalue weighted by Crippen LogP contribution is -2.24. The number of carboxylic acids is 1. The van der Waals surface area contributed by atoms with Crippen LogP contribution in [0.5, 0.6) is 5.75 Å². The number of carboxylic acid groups (broad SMARTS) is 1. The number of nitrogens with zero attached hydrogens (tertiary/aromatic N) is 3. The molecule has 0 saturated carbocycles. The summed E-state index contributed by atoms with van der Waals surface area (Å²) < 4.78 is 39.2. The molecule has 1 aromatic carbocycles. The second-order valence-corrected chi connectivity index (χ2v) is 4.72. The van der Waals surface area contributed by atoms with E-state index in [0.29, 0.717) is 0 Å². The Bertz CT molecular complexity index is 813. The van der Waals surface area contributed by atoms with Crippen molar-refractivity contribution in [3.05, 3.63) is 47.4 Å². The summed E-state index contributed by atoms with van der Waals surface area (Å²) in [5.74, 6) is -3.34. The molecule has 3 rings (SSSR count). The minimum atomic E-state index is -4.78. The number of nitrogens with one attached hydrogen (secondary N) is 1. The highest BCUT2D eigenvalue weighted by Crippen LogP contribution is 2.36. The zero-order valence-corrected chi connectivity index (χ0v) is 11.2. The van der Waals surface area contributed by atoms with Gasteiger partial charge in [-0.25, -0.2) is 9.48 Å². The van der Waals surface area contributed by atoms with Gasteiger partial charge in [0.05, 0.1) is 0 Å². The third-order valence-electron chi connectivity index (χ3n) is 3.21. The molecule has 2 heterocycles. The predicted molar refractivity (Wildman–Crippen MR) is 70.6 cm³/mol. The first-order chi connectivity index (χ1) is 10.8. The number of hydrogen-bond acceptors (Lipinski definition) is 5. The molecular formula is C13H9F3N4O3. The van der Waals surface area contributed by atoms with E-state index in [1.807, 2.05) is 0 Å². The second kappa shape index (κ2) is 5.00. The van der Waals surface area contributed by atoms with Crippen molar-refractivity contribution in [2.24, 2.45) is 0 Å². The van der Waals surface area contributed by atoms with Crippen LogP contribution in [0.4, 0.5) is 19.1 Å². The fourth-order valence-electron chi connectivity index (χ4n) is 2.20. The minimum Gasteiger partial charge on any atom is -0.508 e. The second-order valence-electron chi connectivity index (χ2n) is 4.72. The Labute approximate surface area is 126 Å². The first-order valence-electron chi connectivity index (χ1n) is 6.31. The van der Waals surface area contributed by atoms with Crippen LogP contribution in [0.25, 0.3) is 0 Å². The molecule has 7 nitrogen and oxygen atoms in total. The van der Waals surface area contributed by atoms with E-state index in [-0.39, 0.29) is 23.0 Å². The van der Waals surface area contributed by atoms with Crippen LogP contribution in [0.1, 0.15) is 17.4 Å². The van der Waals surface area contributed by atoms with Crippen LogP contribution in [0.3, 0.4) is 0 Å². The monoisotopic (exact) mass is 326 g/mol. The quantitative estimate of drug-likeness (QED) is 0.780. The Morgan fingerprint density at radius 1 is 1.30 bits per heavy atom. The van der Waals surface area contributed by atoms with Crippen LogP contribution in [-0.2, 0) is 11.0 Å². The average molecular weight is 326 g/mol. The molecule has 3 N–H and O–H groups in total. The lowest BCUT2D eigenvalue weighted by atomic mass is 10.0. The summed E-state index contributed by atoms with van der Waals surface area (Å²) >= 11 is 0. The molecule has 0 amide bonds. The molecule has 120 valence electrons. The van der Waals surface area contributed by atoms with Crippen LogP contribution < -0.4 is 5.32 Å². The Morgan fingerprint density at radius 3 is 2.61 bits per heavy atom. The number of carbonyl (C=O) groups is 1. The van der Waals surface area contributed by atoms with Gasteiger partial charge in [-0.15, -0.1) is 5.10 Å². The molecule has 10 heteroatoms. The van der Waals surface area contributed by atoms with Gasteiger partial charge in [-0.3, -0.25) is 0 Å². The molecule has 1 aliphatic heterocycles. The summed E-state index contributed by atoms with van der Waals surface area (Å²) in [5, 5.41) is 24.7. The van der Waals surface area contributed by atoms with Crippen LogP contribution in [0, 0.1) is 0 Å². The highest BCUT2D eigenvalue weighted by atomic mass is 19.4. The molecule has 23 heavy (non-hydrogen) atoms. The van der Waals surface area contributed by atoms with Crippen LogP contribution in [0.2, 0.25) is 0 Å². The van der Waals surface area contributed by atoms with Gasteiger partial charge < -0.3 is 15.5 Å². The number of phenolic OH excluding ortho intramolecular Hbond substituents is 1. The lowest BCUT2D eigenvalue weighted by Gasteiger charge is -2.22. The number of phenols is 1. The van der Waals surface area contributed by atoms with Crippen molar-refractivity contribution in [2.75, 3.05) is 5.32 Å². The van der Waals surface area contributed by atoms with E-state index in [1.54, 1.807) is 6.07 Å². The maximum Gasteiger partial charge on any atom is 0.453 e. The number of hydrogen-bond donors (Lipinski definition) is 3. The van der Waals surface area contributed by atoms with Crippen molar-refractivity contribution in [3.8, 4) is 5.75 Å². The van der Waals surface area contributed by atoms with Gasteiger partial charge in [0, 0.05) is 5.56 Å². The third-order valence-corrected chi connectivity index (χ3v) is 3.21. The molecule has 0 aliphatic carbocycles. The van der Waals surface area contributed by atoms with Gasteiger partial charge in [0.2, 0.25) is 5.95 Å². The number of benzene rings is 1. The zero-order chi connectivity index (χ0) is 16.8. The first-order valence-corrected chi connectivity index (χ1v) is 6.31. The average Bonchev–Trinajstić information content (AvgIpc) is 2.91. The number of anilines is 1. The van der Waals surface area contributed by atoms with Gasteiger partial charge in [-0.05, 0) is 12.1 Å². The third kappa shape index (κ3) is 2.58. The van der Waals surface area contributed by atoms with E-state index in [2.05, 4.69) is 15.4 Å². The summed E-state index contributed by atoms with van der Waals surface area (Å²) in [6, 6.07) is 4.85. The number of fused-ring (bicyclic) bond motifs is 1. The fourth-order valence-corrected chi connectivity index (χ4v) is 2.20. The minimum absolute atomic E-state index is 0.199. The number of para-hydroxylation sites is 1. The Morgan fingerprint density at radius 2 is 2.00 bits per heavy atom. The normalized spacial score (nSPS) is 17.2. The Kier molecular flexibility index (Phi) is 3.24. The summed E-state index contributed by atoms with van der Waals surface area (Å²) in [6.45, 7) is 0. The lowest BCUT2D eigenvalue weighted by molar-refractivity contribution is -0.145. The first kappa shape index (κ1) is 14.9. The number of halogens is 3. The van der Waals surface area contributed by atoms with Crippen molar-refractivity contribution < 1.29 is 28.2 Å². The Hall–Kier alpha value is -3.04. The number of allylic oxidation sites excluding steroid dienone is 1. The van der Waals surface area contributed by atoms with Gasteiger partial charge in [-0.2, -0.15) is 18.2 Å². The number of alkyl halides is 3. The topological polar surface area (TPSA) is 100 Å². The van der Waals surface area contributed by atoms with E-state index in [1.165, 1.54) is 18.2 Å². The molecule has 1 aliphatic rings. The number of aromatic nitrogens is 3. The highest BCUT2D eigenvalue weighted by molar-refractivity contribution is 5.90. The van der Waals surface area contributed by atoms with E-state index in [9.17, 15) is 23.1 Å². The van der Waals surface area contributed by atoms with E-state index in [0.717, 1.165) is 10.8 Å². The van der Waals surface area contributed by atoms with Crippen molar-refractivity contribution in [3.63, 3.8) is 0 Å². The zero-order valence-electron chi connectivity index (χ0n) is 11.2. The van der Waals surface area contributed by atoms with Crippen molar-refractivity contribution in [2.45, 2.75) is 12.2 Å². The molecule has 1 atom stereocenters. The molecule has 0 spiro atoms. The standard InChI is InChI=1S/C13H9F3N4O3/c14-13(15,16)11-18-12-17-7(10(22)23)5-8(20(12)19-11)6-3-1-2-4-9(6)21/h1-5,8,21H,(H,22,23)(H,17,18,19)/t8-/m1/s1. The summed E-state index contributed by atoms with van der Waals surface area (Å²) in [5.41, 5.74) is -0.153. The van der Waals surface area contributed by atoms with Crippen LogP contribution in [0.15, 0.2) is 36.0 Å². The van der Waals surface area contributed by atoms with Gasteiger partial charge in [0.1, 0.15) is 17.5 Å². The summed E-state index contributed by atoms with van der Waals surface area (Å²) in [6.07, 6.45) is -3.63. The predicted octanol–water partition coefficient (Wildman–Crippen LogP) is 1.99. The molecule has 0 bridgehead atoms. The molecule has 1 aromatic heterocycles. The van der Waals surface area contributed by atoms with Gasteiger partial charge in [-0.1, -0.05) is 18.2 Å². The van der Waals surface area contributed by atoms with Gasteiger partial charge >= 0.3 is 12.1 Å². The molecule has 2 aromatic rings. The van der Waals surface area contributed by atoms with E-state index in [4.69, 9.17) is 5.11 Å². The van der Waals surface area contributed by atoms with Crippen LogP contribution >= 0.6 is 0 Å². The van der Waals surface area contributed by atoms with Crippen molar-refractivity contribution >= 4 is 11.9 Å². The number of rotatable bonds is 2. The molecule has 0 radical (unpaired) electrons. The van der Waals surface area contributed by atoms with Gasteiger partial charge in [0.15, 0.2) is 0 Å². The van der Waals surface area contributed by atoms with E-state index >= 15 is 0 Å². The van der Waals surface area contributed by atoms with Crippen molar-refractivity contribution in [1.82, 2.24) is 14.8 Å². The maximum atomic E-state index is 12.8. The number of aromatic hydroxyl groups is 1. The smallest absolute Gasteiger partial charge is 0.453 e. The van der Waals surface area contributed by atoms with Crippen molar-refractivity contribution in [1.29, 1.82) is 0 Å². The van der Waals surface area contributed by atoms with Crippen LogP contribution in [-0.4, -0.2) is 30.9 Å². The van der Waals surface area contributed by atoms with E-state index < -0.39 is 24.0 Å². The maximum absolute atomic E-state index is 12.8. The van der Waals surface area contributed by atoms with Gasteiger partial charge in [0.25, 0.3) is 5.82 Å². The number of aliphatic carboxylic acids is 1. The summed E-state index contributed by atoms with van der Waals surface area (Å²) in [4.78, 5) is 14.4. The largest absolute Gasteiger partial charge is 0.508 e. The fraction of sp³-hybridized carbons (Fsp3) is 0.154. The summed E-state index contributed by atoms with van der Waals surface area (Å²) in [7, 11) is 0. The molecule has 0 unspecified atom stereocenters. The molecule has 0 saturated heterocycles. The molecular weight excluding hydrogens is 317 g/mol. The molecule has 0 fully saturated rings. The highest BCUT2D eigenvalue weighted by Gasteiger charge is 2.39. The SMILES string of the molecule is O=C(O)C1=C[C@H](c2ccccc2O)n2nc(C(F)(F)F)nc2N1.